The predicted octanol–water partition coefficient (Wildman–Crippen LogP) is 2.12. The Balaban J connectivity index is 2.33. The minimum atomic E-state index is -0.358. The van der Waals surface area contributed by atoms with Gasteiger partial charge in [0.25, 0.3) is 0 Å². The van der Waals surface area contributed by atoms with E-state index in [4.69, 9.17) is 14.2 Å². The highest BCUT2D eigenvalue weighted by atomic mass is 16.5. The molecule has 0 saturated carbocycles. The second-order valence-electron chi connectivity index (χ2n) is 4.21. The van der Waals surface area contributed by atoms with Crippen LogP contribution in [0.25, 0.3) is 0 Å². The van der Waals surface area contributed by atoms with Crippen LogP contribution in [0.2, 0.25) is 0 Å². The van der Waals surface area contributed by atoms with Crippen molar-refractivity contribution >= 4 is 11.8 Å². The molecule has 0 atom stereocenters. The summed E-state index contributed by atoms with van der Waals surface area (Å²) in [6.45, 7) is 2.51. The molecule has 110 valence electrons. The van der Waals surface area contributed by atoms with Crippen LogP contribution in [-0.2, 0) is 25.7 Å². The molecule has 0 aliphatic rings. The number of ether oxygens (including phenoxy) is 3. The van der Waals surface area contributed by atoms with Crippen LogP contribution in [0.4, 0.5) is 0 Å². The van der Waals surface area contributed by atoms with Gasteiger partial charge in [0.15, 0.2) is 5.78 Å². The van der Waals surface area contributed by atoms with E-state index in [0.717, 1.165) is 5.56 Å². The van der Waals surface area contributed by atoms with Crippen LogP contribution in [0.3, 0.4) is 0 Å². The molecule has 1 rings (SSSR count). The van der Waals surface area contributed by atoms with Crippen LogP contribution in [0, 0.1) is 0 Å². The summed E-state index contributed by atoms with van der Waals surface area (Å²) in [4.78, 5) is 22.7. The van der Waals surface area contributed by atoms with Crippen molar-refractivity contribution in [2.75, 3.05) is 20.3 Å². The third kappa shape index (κ3) is 6.33. The number of ketones is 1. The normalized spacial score (nSPS) is 10.1. The molecular weight excluding hydrogens is 260 g/mol. The van der Waals surface area contributed by atoms with Gasteiger partial charge in [0, 0.05) is 13.5 Å². The maximum Gasteiger partial charge on any atom is 0.306 e. The second-order valence-corrected chi connectivity index (χ2v) is 4.21. The van der Waals surface area contributed by atoms with Crippen molar-refractivity contribution in [1.82, 2.24) is 0 Å². The van der Waals surface area contributed by atoms with Crippen molar-refractivity contribution in [1.29, 1.82) is 0 Å². The highest BCUT2D eigenvalue weighted by molar-refractivity contribution is 5.84. The van der Waals surface area contributed by atoms with Crippen LogP contribution in [0.1, 0.15) is 25.3 Å². The summed E-state index contributed by atoms with van der Waals surface area (Å²) in [5, 5.41) is 0. The molecule has 1 aromatic carbocycles. The molecule has 0 bridgehead atoms. The first-order valence-electron chi connectivity index (χ1n) is 6.53. The predicted molar refractivity (Wildman–Crippen MR) is 73.5 cm³/mol. The van der Waals surface area contributed by atoms with E-state index in [1.165, 1.54) is 0 Å². The summed E-state index contributed by atoms with van der Waals surface area (Å²) >= 11 is 0. The van der Waals surface area contributed by atoms with Gasteiger partial charge in [-0.15, -0.1) is 0 Å². The topological polar surface area (TPSA) is 61.8 Å². The van der Waals surface area contributed by atoms with E-state index in [9.17, 15) is 9.59 Å². The van der Waals surface area contributed by atoms with Crippen LogP contribution in [0.5, 0.6) is 5.75 Å². The molecule has 0 spiro atoms. The van der Waals surface area contributed by atoms with Gasteiger partial charge in [-0.05, 0) is 24.6 Å². The number of hydrogen-bond donors (Lipinski definition) is 0. The highest BCUT2D eigenvalue weighted by Gasteiger charge is 2.08. The molecule has 0 heterocycles. The lowest BCUT2D eigenvalue weighted by Crippen LogP contribution is -2.14. The molecule has 0 unspecified atom stereocenters. The minimum absolute atomic E-state index is 0.0458. The summed E-state index contributed by atoms with van der Waals surface area (Å²) < 4.78 is 15.2. The van der Waals surface area contributed by atoms with Gasteiger partial charge < -0.3 is 14.2 Å². The van der Waals surface area contributed by atoms with Crippen LogP contribution >= 0.6 is 0 Å². The van der Waals surface area contributed by atoms with E-state index < -0.39 is 0 Å². The van der Waals surface area contributed by atoms with Gasteiger partial charge in [-0.25, -0.2) is 0 Å². The first kappa shape index (κ1) is 16.2. The first-order chi connectivity index (χ1) is 9.65. The summed E-state index contributed by atoms with van der Waals surface area (Å²) in [6, 6.07) is 7.35. The molecule has 5 heteroatoms. The maximum atomic E-state index is 11.6. The molecule has 5 nitrogen and oxygen atoms in total. The van der Waals surface area contributed by atoms with Crippen molar-refractivity contribution in [3.63, 3.8) is 0 Å². The molecule has 0 fully saturated rings. The largest absolute Gasteiger partial charge is 0.486 e. The summed E-state index contributed by atoms with van der Waals surface area (Å²) in [5.74, 6) is 0.127. The monoisotopic (exact) mass is 280 g/mol. The van der Waals surface area contributed by atoms with Crippen molar-refractivity contribution in [2.24, 2.45) is 0 Å². The smallest absolute Gasteiger partial charge is 0.306 e. The lowest BCUT2D eigenvalue weighted by molar-refractivity contribution is -0.144. The lowest BCUT2D eigenvalue weighted by Gasteiger charge is -2.07. The second kappa shape index (κ2) is 9.09. The number of benzene rings is 1. The average Bonchev–Trinajstić information content (AvgIpc) is 2.44. The van der Waals surface area contributed by atoms with Crippen molar-refractivity contribution < 1.29 is 23.8 Å². The van der Waals surface area contributed by atoms with Gasteiger partial charge in [0.1, 0.15) is 12.4 Å². The van der Waals surface area contributed by atoms with Gasteiger partial charge in [0.2, 0.25) is 0 Å². The third-order valence-corrected chi connectivity index (χ3v) is 2.52. The van der Waals surface area contributed by atoms with E-state index in [1.54, 1.807) is 20.1 Å². The van der Waals surface area contributed by atoms with Crippen molar-refractivity contribution in [3.05, 3.63) is 29.8 Å². The number of hydrogen-bond acceptors (Lipinski definition) is 5. The fourth-order valence-electron chi connectivity index (χ4n) is 1.60. The van der Waals surface area contributed by atoms with Gasteiger partial charge >= 0.3 is 5.97 Å². The molecule has 1 aromatic rings. The van der Waals surface area contributed by atoms with E-state index in [-0.39, 0.29) is 31.2 Å². The van der Waals surface area contributed by atoms with E-state index in [2.05, 4.69) is 0 Å². The highest BCUT2D eigenvalue weighted by Crippen LogP contribution is 2.14. The fraction of sp³-hybridized carbons (Fsp3) is 0.467. The summed E-state index contributed by atoms with van der Waals surface area (Å²) in [7, 11) is 1.62. The van der Waals surface area contributed by atoms with Crippen LogP contribution in [-0.4, -0.2) is 32.1 Å². The molecule has 0 radical (unpaired) electrons. The Bertz CT molecular complexity index is 442. The lowest BCUT2D eigenvalue weighted by atomic mass is 10.2. The number of esters is 1. The fourth-order valence-corrected chi connectivity index (χ4v) is 1.60. The zero-order valence-electron chi connectivity index (χ0n) is 11.9. The van der Waals surface area contributed by atoms with E-state index in [1.807, 2.05) is 18.2 Å². The Labute approximate surface area is 118 Å². The van der Waals surface area contributed by atoms with E-state index in [0.29, 0.717) is 19.0 Å². The Morgan fingerprint density at radius 1 is 1.20 bits per heavy atom. The zero-order chi connectivity index (χ0) is 14.8. The maximum absolute atomic E-state index is 11.6. The number of Topliss-reactive ketones (excluding diaryl/α,β-unsaturated/α-hetero) is 1. The molecule has 0 aliphatic heterocycles. The van der Waals surface area contributed by atoms with Gasteiger partial charge in [-0.1, -0.05) is 12.1 Å². The van der Waals surface area contributed by atoms with E-state index >= 15 is 0 Å². The van der Waals surface area contributed by atoms with Gasteiger partial charge in [-0.3, -0.25) is 9.59 Å². The Morgan fingerprint density at radius 3 is 2.70 bits per heavy atom. The number of carbonyl (C=O) groups is 2. The summed E-state index contributed by atoms with van der Waals surface area (Å²) in [5.41, 5.74) is 0.976. The van der Waals surface area contributed by atoms with Crippen LogP contribution < -0.4 is 4.74 Å². The Kier molecular flexibility index (Phi) is 7.35. The number of methoxy groups -OCH3 is 1. The van der Waals surface area contributed by atoms with Crippen molar-refractivity contribution in [2.45, 2.75) is 26.4 Å². The minimum Gasteiger partial charge on any atom is -0.486 e. The summed E-state index contributed by atoms with van der Waals surface area (Å²) in [6.07, 6.45) is 0.232. The first-order valence-corrected chi connectivity index (χ1v) is 6.53. The molecule has 0 saturated heterocycles. The SMILES string of the molecule is CCOC(=O)CCC(=O)COc1cccc(COC)c1. The third-order valence-electron chi connectivity index (χ3n) is 2.52. The molecule has 0 aliphatic carbocycles. The average molecular weight is 280 g/mol. The molecular formula is C15H20O5. The van der Waals surface area contributed by atoms with Gasteiger partial charge in [-0.2, -0.15) is 0 Å². The Morgan fingerprint density at radius 2 is 2.00 bits per heavy atom. The zero-order valence-corrected chi connectivity index (χ0v) is 11.9. The quantitative estimate of drug-likeness (QED) is 0.648. The number of rotatable bonds is 9. The standard InChI is InChI=1S/C15H20O5/c1-3-19-15(17)8-7-13(16)11-20-14-6-4-5-12(9-14)10-18-2/h4-6,9H,3,7-8,10-11H2,1-2H3. The molecule has 0 amide bonds. The van der Waals surface area contributed by atoms with Gasteiger partial charge in [0.05, 0.1) is 19.6 Å². The van der Waals surface area contributed by atoms with Crippen molar-refractivity contribution in [3.8, 4) is 5.75 Å². The molecule has 0 N–H and O–H groups in total. The Hall–Kier alpha value is -1.88. The molecule has 20 heavy (non-hydrogen) atoms. The van der Waals surface area contributed by atoms with Crippen LogP contribution in [0.15, 0.2) is 24.3 Å². The number of carbonyl (C=O) groups excluding carboxylic acids is 2. The molecule has 0 aromatic heterocycles.